The lowest BCUT2D eigenvalue weighted by molar-refractivity contribution is -0.134. The van der Waals surface area contributed by atoms with Gasteiger partial charge in [0, 0.05) is 56.3 Å². The highest BCUT2D eigenvalue weighted by atomic mass is 16.5. The number of imidazole rings is 1. The van der Waals surface area contributed by atoms with Crippen LogP contribution in [0.3, 0.4) is 0 Å². The van der Waals surface area contributed by atoms with E-state index < -0.39 is 0 Å². The lowest BCUT2D eigenvalue weighted by atomic mass is 9.88. The first-order chi connectivity index (χ1) is 24.9. The molecule has 10 heteroatoms. The number of aromatic nitrogens is 3. The Hall–Kier alpha value is -4.83. The van der Waals surface area contributed by atoms with Gasteiger partial charge in [0.15, 0.2) is 12.4 Å². The summed E-state index contributed by atoms with van der Waals surface area (Å²) < 4.78 is 16.3. The van der Waals surface area contributed by atoms with Crippen molar-refractivity contribution in [3.05, 3.63) is 77.9 Å². The summed E-state index contributed by atoms with van der Waals surface area (Å²) in [5, 5.41) is 1.20. The van der Waals surface area contributed by atoms with E-state index in [0.717, 1.165) is 61.3 Å². The van der Waals surface area contributed by atoms with Crippen molar-refractivity contribution in [2.24, 2.45) is 24.6 Å². The lowest BCUT2D eigenvalue weighted by Gasteiger charge is -2.32. The van der Waals surface area contributed by atoms with E-state index in [1.807, 2.05) is 59.3 Å². The number of nitrogens with two attached hydrogens (primary N) is 1. The molecule has 5 aromatic rings. The summed E-state index contributed by atoms with van der Waals surface area (Å²) >= 11 is 0. The van der Waals surface area contributed by atoms with Gasteiger partial charge < -0.3 is 34.1 Å². The molecule has 3 atom stereocenters. The van der Waals surface area contributed by atoms with Gasteiger partial charge in [0.05, 0.1) is 23.8 Å². The summed E-state index contributed by atoms with van der Waals surface area (Å²) in [7, 11) is 3.70. The van der Waals surface area contributed by atoms with E-state index in [9.17, 15) is 9.59 Å². The quantitative estimate of drug-likeness (QED) is 0.205. The van der Waals surface area contributed by atoms with Crippen molar-refractivity contribution in [3.63, 3.8) is 0 Å². The molecular formula is C41H46N6O4. The zero-order valence-corrected chi connectivity index (χ0v) is 29.5. The van der Waals surface area contributed by atoms with Crippen molar-refractivity contribution < 1.29 is 19.1 Å². The number of amides is 2. The van der Waals surface area contributed by atoms with Gasteiger partial charge in [-0.05, 0) is 92.2 Å². The van der Waals surface area contributed by atoms with Gasteiger partial charge in [-0.15, -0.1) is 0 Å². The monoisotopic (exact) mass is 686 g/mol. The van der Waals surface area contributed by atoms with Crippen LogP contribution in [-0.2, 0) is 18.4 Å². The van der Waals surface area contributed by atoms with Gasteiger partial charge in [-0.2, -0.15) is 0 Å². The minimum Gasteiger partial charge on any atom is -0.494 e. The molecule has 3 aromatic carbocycles. The molecule has 2 aliphatic heterocycles. The molecule has 2 amide bonds. The van der Waals surface area contributed by atoms with Crippen molar-refractivity contribution in [2.75, 3.05) is 33.4 Å². The first-order valence-electron chi connectivity index (χ1n) is 18.6. The molecule has 9 rings (SSSR count). The second-order valence-electron chi connectivity index (χ2n) is 15.1. The maximum absolute atomic E-state index is 13.8. The number of carbonyl (C=O) groups excluding carboxylic acids is 2. The number of rotatable bonds is 9. The standard InChI is InChI=1S/C41H46N6O4/c1-44-39-32(19-29(21-35(39)50-2)41(49)47-23-28-13-14-33(47)37(28)42)43-40(44)34-20-27-7-6-10-31(38(27)46(34)22-25-11-12-25)26-15-17-45(18-16-26)36(48)24-51-30-8-4-3-5-9-30/h3-10,19-21,25-26,28,33,37H,11-18,22-24,42H2,1-2H3/t28-,33-,37-/m1/s1. The number of nitrogens with zero attached hydrogens (tertiary/aromatic N) is 5. The fourth-order valence-corrected chi connectivity index (χ4v) is 9.08. The van der Waals surface area contributed by atoms with Gasteiger partial charge in [0.25, 0.3) is 11.8 Å². The number of para-hydroxylation sites is 2. The van der Waals surface area contributed by atoms with Crippen molar-refractivity contribution in [1.29, 1.82) is 0 Å². The van der Waals surface area contributed by atoms with Crippen LogP contribution in [0.4, 0.5) is 0 Å². The summed E-state index contributed by atoms with van der Waals surface area (Å²) in [5.74, 6) is 3.64. The van der Waals surface area contributed by atoms with Crippen LogP contribution in [0.25, 0.3) is 33.5 Å². The van der Waals surface area contributed by atoms with E-state index >= 15 is 0 Å². The number of hydrogen-bond acceptors (Lipinski definition) is 6. The van der Waals surface area contributed by atoms with Crippen LogP contribution in [0, 0.1) is 11.8 Å². The number of piperidine rings is 2. The third kappa shape index (κ3) is 5.64. The van der Waals surface area contributed by atoms with E-state index in [0.29, 0.717) is 47.9 Å². The number of aryl methyl sites for hydroxylation is 1. The van der Waals surface area contributed by atoms with Crippen LogP contribution in [-0.4, -0.2) is 81.2 Å². The molecule has 51 heavy (non-hydrogen) atoms. The van der Waals surface area contributed by atoms with E-state index in [4.69, 9.17) is 20.2 Å². The van der Waals surface area contributed by atoms with Gasteiger partial charge in [-0.3, -0.25) is 9.59 Å². The highest BCUT2D eigenvalue weighted by molar-refractivity contribution is 6.00. The third-order valence-electron chi connectivity index (χ3n) is 12.0. The number of methoxy groups -OCH3 is 1. The second kappa shape index (κ2) is 12.7. The molecule has 2 saturated carbocycles. The van der Waals surface area contributed by atoms with Gasteiger partial charge in [0.1, 0.15) is 17.0 Å². The molecule has 2 saturated heterocycles. The van der Waals surface area contributed by atoms with E-state index in [2.05, 4.69) is 33.4 Å². The maximum Gasteiger partial charge on any atom is 0.260 e. The number of carbonyl (C=O) groups is 2. The van der Waals surface area contributed by atoms with Crippen molar-refractivity contribution in [1.82, 2.24) is 23.9 Å². The Bertz CT molecular complexity index is 2130. The van der Waals surface area contributed by atoms with Crippen LogP contribution < -0.4 is 15.2 Å². The first-order valence-corrected chi connectivity index (χ1v) is 18.6. The van der Waals surface area contributed by atoms with Crippen molar-refractivity contribution in [2.45, 2.75) is 63.1 Å². The normalized spacial score (nSPS) is 22.0. The van der Waals surface area contributed by atoms with Gasteiger partial charge >= 0.3 is 0 Å². The molecule has 10 nitrogen and oxygen atoms in total. The third-order valence-corrected chi connectivity index (χ3v) is 12.0. The minimum atomic E-state index is 0.00834. The predicted octanol–water partition coefficient (Wildman–Crippen LogP) is 5.96. The highest BCUT2D eigenvalue weighted by Gasteiger charge is 2.47. The SMILES string of the molecule is COc1cc(C(=O)N2C[C@H]3CC[C@@H]2[C@@H]3N)cc2nc(-c3cc4cccc(C5CCN(C(=O)COc6ccccc6)CC5)c4n3CC3CC3)n(C)c12. The second-order valence-corrected chi connectivity index (χ2v) is 15.1. The summed E-state index contributed by atoms with van der Waals surface area (Å²) in [6.07, 6.45) is 6.35. The topological polar surface area (TPSA) is 108 Å². The molecule has 0 spiro atoms. The molecule has 2 N–H and O–H groups in total. The predicted molar refractivity (Wildman–Crippen MR) is 197 cm³/mol. The zero-order valence-electron chi connectivity index (χ0n) is 29.5. The van der Waals surface area contributed by atoms with Gasteiger partial charge in [-0.1, -0.05) is 36.4 Å². The fraction of sp³-hybridized carbons (Fsp3) is 0.439. The number of benzene rings is 3. The van der Waals surface area contributed by atoms with Crippen LogP contribution in [0.15, 0.2) is 66.7 Å². The number of hydrogen-bond donors (Lipinski definition) is 1. The fourth-order valence-electron chi connectivity index (χ4n) is 9.08. The summed E-state index contributed by atoms with van der Waals surface area (Å²) in [6, 6.07) is 22.4. The molecule has 2 bridgehead atoms. The molecule has 4 heterocycles. The number of ether oxygens (including phenoxy) is 2. The molecule has 4 aliphatic rings. The number of likely N-dealkylation sites (tertiary alicyclic amines) is 2. The Morgan fingerprint density at radius 1 is 0.922 bits per heavy atom. The molecule has 4 fully saturated rings. The summed E-state index contributed by atoms with van der Waals surface area (Å²) in [5.41, 5.74) is 12.4. The van der Waals surface area contributed by atoms with Gasteiger partial charge in [0.2, 0.25) is 0 Å². The molecular weight excluding hydrogens is 640 g/mol. The van der Waals surface area contributed by atoms with E-state index in [1.54, 1.807) is 7.11 Å². The summed E-state index contributed by atoms with van der Waals surface area (Å²) in [6.45, 7) is 3.14. The van der Waals surface area contributed by atoms with Crippen molar-refractivity contribution in [3.8, 4) is 23.0 Å². The van der Waals surface area contributed by atoms with Crippen LogP contribution in [0.5, 0.6) is 11.5 Å². The summed E-state index contributed by atoms with van der Waals surface area (Å²) in [4.78, 5) is 36.0. The van der Waals surface area contributed by atoms with Crippen LogP contribution in [0.1, 0.15) is 60.4 Å². The minimum absolute atomic E-state index is 0.00834. The van der Waals surface area contributed by atoms with E-state index in [-0.39, 0.29) is 30.5 Å². The zero-order chi connectivity index (χ0) is 34.8. The average Bonchev–Trinajstić information content (AvgIpc) is 3.55. The first kappa shape index (κ1) is 32.1. The average molecular weight is 687 g/mol. The molecule has 2 aromatic heterocycles. The Morgan fingerprint density at radius 3 is 2.43 bits per heavy atom. The molecule has 2 aliphatic carbocycles. The molecule has 0 radical (unpaired) electrons. The lowest BCUT2D eigenvalue weighted by Crippen LogP contribution is -2.41. The Kier molecular flexibility index (Phi) is 8.02. The van der Waals surface area contributed by atoms with Crippen molar-refractivity contribution >= 4 is 33.8 Å². The van der Waals surface area contributed by atoms with Crippen LogP contribution >= 0.6 is 0 Å². The number of fused-ring (bicyclic) bond motifs is 4. The molecule has 0 unspecified atom stereocenters. The Morgan fingerprint density at radius 2 is 1.73 bits per heavy atom. The largest absolute Gasteiger partial charge is 0.494 e. The maximum atomic E-state index is 13.8. The van der Waals surface area contributed by atoms with E-state index in [1.165, 1.54) is 29.3 Å². The highest BCUT2D eigenvalue weighted by Crippen LogP contribution is 2.42. The smallest absolute Gasteiger partial charge is 0.260 e. The Balaban J connectivity index is 1.03. The Labute approximate surface area is 298 Å². The molecule has 264 valence electrons. The van der Waals surface area contributed by atoms with Crippen LogP contribution in [0.2, 0.25) is 0 Å². The van der Waals surface area contributed by atoms with Gasteiger partial charge in [-0.25, -0.2) is 4.98 Å².